The predicted octanol–water partition coefficient (Wildman–Crippen LogP) is 0.514. The van der Waals surface area contributed by atoms with Crippen LogP contribution < -0.4 is 5.32 Å². The van der Waals surface area contributed by atoms with Gasteiger partial charge in [-0.2, -0.15) is 13.2 Å². The number of nitrogens with zero attached hydrogens (tertiary/aromatic N) is 1. The second-order valence-corrected chi connectivity index (χ2v) is 5.64. The van der Waals surface area contributed by atoms with Crippen LogP contribution in [-0.4, -0.2) is 58.8 Å². The number of rotatable bonds is 2. The van der Waals surface area contributed by atoms with E-state index < -0.39 is 36.1 Å². The first-order valence-corrected chi connectivity index (χ1v) is 6.84. The average molecular weight is 298 g/mol. The summed E-state index contributed by atoms with van der Waals surface area (Å²) in [7, 11) is 0. The summed E-state index contributed by atoms with van der Waals surface area (Å²) in [6, 6.07) is -1.17. The molecule has 0 bridgehead atoms. The Hall–Kier alpha value is -0.960. The van der Waals surface area contributed by atoms with Gasteiger partial charge in [0.2, 0.25) is 5.91 Å². The summed E-state index contributed by atoms with van der Waals surface area (Å²) in [5.41, 5.74) is -2.48. The van der Waals surface area contributed by atoms with Crippen LogP contribution in [0.3, 0.4) is 0 Å². The molecule has 2 atom stereocenters. The molecule has 2 heterocycles. The van der Waals surface area contributed by atoms with Crippen LogP contribution in [0.2, 0.25) is 0 Å². The van der Waals surface area contributed by atoms with Crippen LogP contribution >= 0.6 is 11.8 Å². The van der Waals surface area contributed by atoms with E-state index >= 15 is 0 Å². The lowest BCUT2D eigenvalue weighted by Crippen LogP contribution is -2.56. The van der Waals surface area contributed by atoms with E-state index in [9.17, 15) is 22.8 Å². The number of carboxylic acids is 1. The molecular formula is C10H13F3N2O3S. The summed E-state index contributed by atoms with van der Waals surface area (Å²) >= 11 is 1.15. The first-order valence-electron chi connectivity index (χ1n) is 5.69. The number of aliphatic carboxylic acids is 1. The Bertz CT molecular complexity index is 396. The Kier molecular flexibility index (Phi) is 3.69. The highest BCUT2D eigenvalue weighted by molar-refractivity contribution is 7.99. The van der Waals surface area contributed by atoms with Gasteiger partial charge in [0.15, 0.2) is 5.41 Å². The molecule has 2 fully saturated rings. The van der Waals surface area contributed by atoms with Gasteiger partial charge in [0.25, 0.3) is 0 Å². The van der Waals surface area contributed by atoms with Crippen LogP contribution in [0.15, 0.2) is 0 Å². The highest BCUT2D eigenvalue weighted by atomic mass is 32.2. The molecule has 2 rings (SSSR count). The molecule has 0 aromatic rings. The minimum atomic E-state index is -4.68. The molecule has 19 heavy (non-hydrogen) atoms. The van der Waals surface area contributed by atoms with Gasteiger partial charge in [0.05, 0.1) is 5.88 Å². The molecule has 2 unspecified atom stereocenters. The standard InChI is InChI=1S/C10H13F3N2O3S/c11-10(12,13)9(1-2-14-4-9)8(18)15-5-19-3-6(15)7(16)17/h6,14H,1-5H2,(H,16,17). The molecule has 1 amide bonds. The maximum Gasteiger partial charge on any atom is 0.404 e. The summed E-state index contributed by atoms with van der Waals surface area (Å²) in [5, 5.41) is 11.5. The van der Waals surface area contributed by atoms with E-state index in [1.54, 1.807) is 0 Å². The van der Waals surface area contributed by atoms with Crippen molar-refractivity contribution in [2.24, 2.45) is 5.41 Å². The SMILES string of the molecule is O=C(O)C1CSCN1C(=O)C1(C(F)(F)F)CCNC1. The van der Waals surface area contributed by atoms with Crippen LogP contribution in [0.4, 0.5) is 13.2 Å². The van der Waals surface area contributed by atoms with Crippen molar-refractivity contribution in [3.05, 3.63) is 0 Å². The number of alkyl halides is 3. The molecule has 5 nitrogen and oxygen atoms in total. The van der Waals surface area contributed by atoms with Crippen LogP contribution in [0.25, 0.3) is 0 Å². The van der Waals surface area contributed by atoms with Gasteiger partial charge in [0, 0.05) is 12.3 Å². The third-order valence-electron chi connectivity index (χ3n) is 3.54. The Labute approximate surface area is 111 Å². The number of hydrogen-bond donors (Lipinski definition) is 2. The van der Waals surface area contributed by atoms with Gasteiger partial charge in [-0.15, -0.1) is 11.8 Å². The number of halogens is 3. The van der Waals surface area contributed by atoms with Crippen molar-refractivity contribution in [3.63, 3.8) is 0 Å². The minimum absolute atomic E-state index is 0.00632. The zero-order chi connectivity index (χ0) is 14.3. The van der Waals surface area contributed by atoms with Gasteiger partial charge in [-0.3, -0.25) is 4.79 Å². The lowest BCUT2D eigenvalue weighted by atomic mass is 9.84. The van der Waals surface area contributed by atoms with Crippen molar-refractivity contribution >= 4 is 23.6 Å². The van der Waals surface area contributed by atoms with Gasteiger partial charge in [0.1, 0.15) is 6.04 Å². The van der Waals surface area contributed by atoms with Gasteiger partial charge in [-0.05, 0) is 13.0 Å². The van der Waals surface area contributed by atoms with Crippen LogP contribution in [0, 0.1) is 5.41 Å². The monoisotopic (exact) mass is 298 g/mol. The van der Waals surface area contributed by atoms with Crippen molar-refractivity contribution in [1.29, 1.82) is 0 Å². The molecule has 0 saturated carbocycles. The molecule has 0 radical (unpaired) electrons. The van der Waals surface area contributed by atoms with Gasteiger partial charge in [-0.1, -0.05) is 0 Å². The van der Waals surface area contributed by atoms with E-state index in [0.29, 0.717) is 0 Å². The van der Waals surface area contributed by atoms with Crippen LogP contribution in [-0.2, 0) is 9.59 Å². The first kappa shape index (κ1) is 14.4. The number of hydrogen-bond acceptors (Lipinski definition) is 4. The highest BCUT2D eigenvalue weighted by Crippen LogP contribution is 2.45. The van der Waals surface area contributed by atoms with E-state index in [0.717, 1.165) is 16.7 Å². The largest absolute Gasteiger partial charge is 0.480 e. The van der Waals surface area contributed by atoms with Crippen molar-refractivity contribution in [3.8, 4) is 0 Å². The molecule has 0 aliphatic carbocycles. The van der Waals surface area contributed by atoms with Gasteiger partial charge < -0.3 is 15.3 Å². The number of carbonyl (C=O) groups excluding carboxylic acids is 1. The molecule has 2 aliphatic heterocycles. The van der Waals surface area contributed by atoms with Crippen molar-refractivity contribution < 1.29 is 27.9 Å². The Morgan fingerprint density at radius 1 is 1.42 bits per heavy atom. The third-order valence-corrected chi connectivity index (χ3v) is 4.55. The number of carbonyl (C=O) groups is 2. The molecule has 2 aliphatic rings. The number of carboxylic acid groups (broad SMARTS) is 1. The summed E-state index contributed by atoms with van der Waals surface area (Å²) in [4.78, 5) is 24.0. The normalized spacial score (nSPS) is 31.7. The molecule has 9 heteroatoms. The summed E-state index contributed by atoms with van der Waals surface area (Å²) < 4.78 is 39.6. The first-order chi connectivity index (χ1) is 8.79. The predicted molar refractivity (Wildman–Crippen MR) is 61.6 cm³/mol. The van der Waals surface area contributed by atoms with Crippen molar-refractivity contribution in [2.45, 2.75) is 18.6 Å². The molecule has 2 saturated heterocycles. The number of nitrogens with one attached hydrogen (secondary N) is 1. The maximum atomic E-state index is 13.2. The molecule has 108 valence electrons. The number of amides is 1. The number of thioether (sulfide) groups is 1. The van der Waals surface area contributed by atoms with Gasteiger partial charge >= 0.3 is 12.1 Å². The Morgan fingerprint density at radius 2 is 2.11 bits per heavy atom. The Balaban J connectivity index is 2.28. The lowest BCUT2D eigenvalue weighted by molar-refractivity contribution is -0.222. The molecule has 0 aromatic carbocycles. The quantitative estimate of drug-likeness (QED) is 0.777. The lowest BCUT2D eigenvalue weighted by Gasteiger charge is -2.34. The maximum absolute atomic E-state index is 13.2. The van der Waals surface area contributed by atoms with Crippen molar-refractivity contribution in [2.75, 3.05) is 24.7 Å². The molecule has 0 spiro atoms. The van der Waals surface area contributed by atoms with Crippen LogP contribution in [0.5, 0.6) is 0 Å². The zero-order valence-electron chi connectivity index (χ0n) is 9.87. The van der Waals surface area contributed by atoms with E-state index in [-0.39, 0.29) is 24.6 Å². The fraction of sp³-hybridized carbons (Fsp3) is 0.800. The molecule has 2 N–H and O–H groups in total. The topological polar surface area (TPSA) is 69.6 Å². The molecule has 0 aromatic heterocycles. The summed E-state index contributed by atoms with van der Waals surface area (Å²) in [6.07, 6.45) is -5.02. The smallest absolute Gasteiger partial charge is 0.404 e. The molecular weight excluding hydrogens is 285 g/mol. The van der Waals surface area contributed by atoms with Gasteiger partial charge in [-0.25, -0.2) is 4.79 Å². The zero-order valence-corrected chi connectivity index (χ0v) is 10.7. The van der Waals surface area contributed by atoms with E-state index in [2.05, 4.69) is 5.32 Å². The third kappa shape index (κ3) is 2.29. The summed E-state index contributed by atoms with van der Waals surface area (Å²) in [6.45, 7) is -0.382. The van der Waals surface area contributed by atoms with E-state index in [1.807, 2.05) is 0 Å². The fourth-order valence-corrected chi connectivity index (χ4v) is 3.51. The Morgan fingerprint density at radius 3 is 2.58 bits per heavy atom. The van der Waals surface area contributed by atoms with E-state index in [1.165, 1.54) is 0 Å². The average Bonchev–Trinajstić information content (AvgIpc) is 2.97. The second-order valence-electron chi connectivity index (χ2n) is 4.64. The van der Waals surface area contributed by atoms with E-state index in [4.69, 9.17) is 5.11 Å². The minimum Gasteiger partial charge on any atom is -0.480 e. The van der Waals surface area contributed by atoms with Crippen molar-refractivity contribution in [1.82, 2.24) is 10.2 Å². The summed E-state index contributed by atoms with van der Waals surface area (Å²) in [5.74, 6) is -2.26. The second kappa shape index (κ2) is 4.86. The fourth-order valence-electron chi connectivity index (χ4n) is 2.36. The van der Waals surface area contributed by atoms with Crippen LogP contribution in [0.1, 0.15) is 6.42 Å². The highest BCUT2D eigenvalue weighted by Gasteiger charge is 2.63.